The first kappa shape index (κ1) is 16.4. The van der Waals surface area contributed by atoms with Crippen molar-refractivity contribution in [1.82, 2.24) is 14.9 Å². The summed E-state index contributed by atoms with van der Waals surface area (Å²) < 4.78 is 7.40. The van der Waals surface area contributed by atoms with Gasteiger partial charge in [-0.15, -0.1) is 0 Å². The summed E-state index contributed by atoms with van der Waals surface area (Å²) in [4.78, 5) is 16.6. The number of ether oxygens (including phenoxy) is 1. The highest BCUT2D eigenvalue weighted by molar-refractivity contribution is 5.94. The number of carbonyl (C=O) groups is 1. The number of nitrogens with zero attached hydrogens (tertiary/aromatic N) is 2. The van der Waals surface area contributed by atoms with Gasteiger partial charge in [0.05, 0.1) is 13.4 Å². The minimum Gasteiger partial charge on any atom is -0.496 e. The molecule has 1 heterocycles. The normalized spacial score (nSPS) is 14.7. The standard InChI is InChI=1S/C21H21N3O2/c1-26-19-5-3-2-4-18(19)21(10-11-21)14-23-20(25)16-6-8-17(9-7-16)24-13-12-22-15-24/h2-9,12-13,15H,10-11,14H2,1H3,(H,23,25). The zero-order chi connectivity index (χ0) is 18.0. The molecule has 0 unspecified atom stereocenters. The van der Waals surface area contributed by atoms with E-state index in [9.17, 15) is 4.79 Å². The zero-order valence-electron chi connectivity index (χ0n) is 14.7. The Kier molecular flexibility index (Phi) is 4.21. The van der Waals surface area contributed by atoms with Gasteiger partial charge in [-0.3, -0.25) is 4.79 Å². The number of benzene rings is 2. The van der Waals surface area contributed by atoms with Gasteiger partial charge in [-0.25, -0.2) is 4.98 Å². The average Bonchev–Trinajstić information content (AvgIpc) is 3.28. The Morgan fingerprint density at radius 2 is 1.96 bits per heavy atom. The molecule has 1 saturated carbocycles. The lowest BCUT2D eigenvalue weighted by molar-refractivity contribution is 0.0949. The van der Waals surface area contributed by atoms with E-state index >= 15 is 0 Å². The van der Waals surface area contributed by atoms with Crippen molar-refractivity contribution in [3.63, 3.8) is 0 Å². The molecule has 3 aromatic rings. The molecule has 1 N–H and O–H groups in total. The third kappa shape index (κ3) is 3.08. The molecule has 0 atom stereocenters. The second-order valence-corrected chi connectivity index (χ2v) is 6.68. The van der Waals surface area contributed by atoms with Crippen molar-refractivity contribution < 1.29 is 9.53 Å². The molecule has 5 heteroatoms. The van der Waals surface area contributed by atoms with Gasteiger partial charge in [0.2, 0.25) is 0 Å². The summed E-state index contributed by atoms with van der Waals surface area (Å²) in [5.74, 6) is 0.840. The Morgan fingerprint density at radius 1 is 1.19 bits per heavy atom. The van der Waals surface area contributed by atoms with E-state index in [4.69, 9.17) is 4.74 Å². The molecule has 1 fully saturated rings. The van der Waals surface area contributed by atoms with Crippen LogP contribution in [0.15, 0.2) is 67.3 Å². The molecule has 0 bridgehead atoms. The monoisotopic (exact) mass is 347 g/mol. The number of aromatic nitrogens is 2. The van der Waals surface area contributed by atoms with Gasteiger partial charge in [0, 0.05) is 41.2 Å². The van der Waals surface area contributed by atoms with Gasteiger partial charge in [0.15, 0.2) is 0 Å². The maximum absolute atomic E-state index is 12.5. The van der Waals surface area contributed by atoms with Crippen LogP contribution < -0.4 is 10.1 Å². The Balaban J connectivity index is 1.44. The lowest BCUT2D eigenvalue weighted by Gasteiger charge is -2.19. The van der Waals surface area contributed by atoms with Crippen LogP contribution in [0.4, 0.5) is 0 Å². The van der Waals surface area contributed by atoms with Crippen LogP contribution in [-0.4, -0.2) is 29.1 Å². The maximum Gasteiger partial charge on any atom is 0.251 e. The number of rotatable bonds is 6. The first-order valence-corrected chi connectivity index (χ1v) is 8.72. The molecule has 0 radical (unpaired) electrons. The van der Waals surface area contributed by atoms with Crippen LogP contribution in [0.5, 0.6) is 5.75 Å². The van der Waals surface area contributed by atoms with Crippen LogP contribution in [0, 0.1) is 0 Å². The second kappa shape index (κ2) is 6.67. The molecular formula is C21H21N3O2. The first-order chi connectivity index (χ1) is 12.7. The van der Waals surface area contributed by atoms with Crippen LogP contribution in [0.3, 0.4) is 0 Å². The van der Waals surface area contributed by atoms with E-state index in [2.05, 4.69) is 16.4 Å². The smallest absolute Gasteiger partial charge is 0.251 e. The Morgan fingerprint density at radius 3 is 2.62 bits per heavy atom. The second-order valence-electron chi connectivity index (χ2n) is 6.68. The summed E-state index contributed by atoms with van der Waals surface area (Å²) in [6, 6.07) is 15.6. The lowest BCUT2D eigenvalue weighted by atomic mass is 9.94. The third-order valence-electron chi connectivity index (χ3n) is 5.05. The number of hydrogen-bond acceptors (Lipinski definition) is 3. The molecule has 1 aromatic heterocycles. The summed E-state index contributed by atoms with van der Waals surface area (Å²) >= 11 is 0. The van der Waals surface area contributed by atoms with Crippen LogP contribution in [0.2, 0.25) is 0 Å². The van der Waals surface area contributed by atoms with Crippen LogP contribution in [-0.2, 0) is 5.41 Å². The Hall–Kier alpha value is -3.08. The Labute approximate surface area is 152 Å². The zero-order valence-corrected chi connectivity index (χ0v) is 14.7. The Bertz CT molecular complexity index is 897. The van der Waals surface area contributed by atoms with Crippen molar-refractivity contribution in [3.05, 3.63) is 78.4 Å². The van der Waals surface area contributed by atoms with Gasteiger partial charge in [-0.1, -0.05) is 18.2 Å². The van der Waals surface area contributed by atoms with E-state index in [1.165, 1.54) is 5.56 Å². The summed E-state index contributed by atoms with van der Waals surface area (Å²) in [5, 5.41) is 3.09. The van der Waals surface area contributed by atoms with Crippen molar-refractivity contribution in [2.24, 2.45) is 0 Å². The summed E-state index contributed by atoms with van der Waals surface area (Å²) in [7, 11) is 1.69. The van der Waals surface area contributed by atoms with Gasteiger partial charge >= 0.3 is 0 Å². The van der Waals surface area contributed by atoms with Gasteiger partial charge in [-0.05, 0) is 43.2 Å². The lowest BCUT2D eigenvalue weighted by Crippen LogP contribution is -2.32. The number of nitrogens with one attached hydrogen (secondary N) is 1. The number of para-hydroxylation sites is 1. The fraction of sp³-hybridized carbons (Fsp3) is 0.238. The highest BCUT2D eigenvalue weighted by Crippen LogP contribution is 2.50. The van der Waals surface area contributed by atoms with Crippen LogP contribution >= 0.6 is 0 Å². The number of carbonyl (C=O) groups excluding carboxylic acids is 1. The van der Waals surface area contributed by atoms with Crippen molar-refractivity contribution in [3.8, 4) is 11.4 Å². The average molecular weight is 347 g/mol. The highest BCUT2D eigenvalue weighted by Gasteiger charge is 2.46. The predicted octanol–water partition coefficient (Wildman–Crippen LogP) is 3.34. The largest absolute Gasteiger partial charge is 0.496 e. The predicted molar refractivity (Wildman–Crippen MR) is 99.8 cm³/mol. The van der Waals surface area contributed by atoms with E-state index in [1.807, 2.05) is 53.2 Å². The molecular weight excluding hydrogens is 326 g/mol. The molecule has 0 saturated heterocycles. The topological polar surface area (TPSA) is 56.1 Å². The number of methoxy groups -OCH3 is 1. The minimum atomic E-state index is -0.0524. The van der Waals surface area contributed by atoms with Gasteiger partial charge in [0.1, 0.15) is 5.75 Å². The number of amides is 1. The summed E-state index contributed by atoms with van der Waals surface area (Å²) in [6.07, 6.45) is 7.46. The molecule has 0 aliphatic heterocycles. The molecule has 132 valence electrons. The molecule has 2 aromatic carbocycles. The SMILES string of the molecule is COc1ccccc1C1(CNC(=O)c2ccc(-n3ccnc3)cc2)CC1. The highest BCUT2D eigenvalue weighted by atomic mass is 16.5. The van der Waals surface area contributed by atoms with Crippen molar-refractivity contribution in [2.45, 2.75) is 18.3 Å². The number of imidazole rings is 1. The number of hydrogen-bond donors (Lipinski definition) is 1. The van der Waals surface area contributed by atoms with E-state index in [0.29, 0.717) is 12.1 Å². The van der Waals surface area contributed by atoms with Crippen molar-refractivity contribution in [2.75, 3.05) is 13.7 Å². The fourth-order valence-electron chi connectivity index (χ4n) is 3.32. The van der Waals surface area contributed by atoms with E-state index in [1.54, 1.807) is 19.6 Å². The third-order valence-corrected chi connectivity index (χ3v) is 5.05. The molecule has 1 amide bonds. The molecule has 0 spiro atoms. The van der Waals surface area contributed by atoms with E-state index < -0.39 is 0 Å². The van der Waals surface area contributed by atoms with Crippen LogP contribution in [0.1, 0.15) is 28.8 Å². The molecule has 4 rings (SSSR count). The van der Waals surface area contributed by atoms with Gasteiger partial charge < -0.3 is 14.6 Å². The molecule has 1 aliphatic carbocycles. The maximum atomic E-state index is 12.5. The first-order valence-electron chi connectivity index (χ1n) is 8.72. The molecule has 26 heavy (non-hydrogen) atoms. The van der Waals surface area contributed by atoms with E-state index in [0.717, 1.165) is 24.3 Å². The quantitative estimate of drug-likeness (QED) is 0.744. The van der Waals surface area contributed by atoms with Crippen LogP contribution in [0.25, 0.3) is 5.69 Å². The molecule has 5 nitrogen and oxygen atoms in total. The minimum absolute atomic E-state index is 0.000978. The van der Waals surface area contributed by atoms with E-state index in [-0.39, 0.29) is 11.3 Å². The summed E-state index contributed by atoms with van der Waals surface area (Å²) in [5.41, 5.74) is 2.81. The van der Waals surface area contributed by atoms with Crippen molar-refractivity contribution in [1.29, 1.82) is 0 Å². The van der Waals surface area contributed by atoms with Crippen molar-refractivity contribution >= 4 is 5.91 Å². The summed E-state index contributed by atoms with van der Waals surface area (Å²) in [6.45, 7) is 0.621. The molecule has 1 aliphatic rings. The fourth-order valence-corrected chi connectivity index (χ4v) is 3.32. The van der Waals surface area contributed by atoms with Gasteiger partial charge in [0.25, 0.3) is 5.91 Å². The van der Waals surface area contributed by atoms with Gasteiger partial charge in [-0.2, -0.15) is 0 Å².